The number of likely N-dealkylation sites (N-methyl/N-ethyl adjacent to an activating group) is 1. The first kappa shape index (κ1) is 13.0. The molecule has 0 radical (unpaired) electrons. The van der Waals surface area contributed by atoms with E-state index in [1.165, 1.54) is 16.8 Å². The maximum Gasteiger partial charge on any atom is 0.0374 e. The fourth-order valence-electron chi connectivity index (χ4n) is 1.61. The van der Waals surface area contributed by atoms with Crippen molar-refractivity contribution >= 4 is 0 Å². The second kappa shape index (κ2) is 5.69. The molecule has 0 spiro atoms. The highest BCUT2D eigenvalue weighted by Crippen LogP contribution is 2.21. The molecule has 0 rings (SSSR count). The highest BCUT2D eigenvalue weighted by atomic mass is 14.8. The molecule has 0 aliphatic carbocycles. The number of nitrogens with one attached hydrogen (secondary N) is 1. The molecule has 0 saturated heterocycles. The Balaban J connectivity index is 5.31. The van der Waals surface area contributed by atoms with E-state index in [1.54, 1.807) is 0 Å². The van der Waals surface area contributed by atoms with Crippen LogP contribution in [-0.2, 0) is 0 Å². The monoisotopic (exact) mass is 193 g/mol. The first-order valence-corrected chi connectivity index (χ1v) is 5.12. The van der Waals surface area contributed by atoms with Gasteiger partial charge in [0.2, 0.25) is 0 Å². The van der Waals surface area contributed by atoms with Crippen LogP contribution in [0.3, 0.4) is 0 Å². The Hall–Kier alpha value is -0.980. The fourth-order valence-corrected chi connectivity index (χ4v) is 1.61. The van der Waals surface area contributed by atoms with Crippen molar-refractivity contribution in [1.82, 2.24) is 5.32 Å². The van der Waals surface area contributed by atoms with Crippen LogP contribution in [0.4, 0.5) is 0 Å². The average Bonchev–Trinajstić information content (AvgIpc) is 2.00. The molecular formula is C13H23N. The molecule has 0 aliphatic rings. The Labute approximate surface area is 88.6 Å². The molecule has 0 aromatic rings. The van der Waals surface area contributed by atoms with E-state index in [-0.39, 0.29) is 0 Å². The Bertz CT molecular complexity index is 263. The van der Waals surface area contributed by atoms with Crippen LogP contribution in [0, 0.1) is 5.92 Å². The third kappa shape index (κ3) is 3.82. The highest BCUT2D eigenvalue weighted by Gasteiger charge is 2.08. The molecule has 1 nitrogen and oxygen atoms in total. The van der Waals surface area contributed by atoms with E-state index in [0.717, 1.165) is 5.57 Å². The van der Waals surface area contributed by atoms with Crippen molar-refractivity contribution in [2.75, 3.05) is 7.05 Å². The van der Waals surface area contributed by atoms with Gasteiger partial charge in [0.25, 0.3) is 0 Å². The number of hydrogen-bond acceptors (Lipinski definition) is 1. The number of hydrogen-bond donors (Lipinski definition) is 1. The summed E-state index contributed by atoms with van der Waals surface area (Å²) in [7, 11) is 1.96. The molecule has 80 valence electrons. The summed E-state index contributed by atoms with van der Waals surface area (Å²) < 4.78 is 0. The smallest absolute Gasteiger partial charge is 0.0374 e. The van der Waals surface area contributed by atoms with Crippen LogP contribution in [0.5, 0.6) is 0 Å². The van der Waals surface area contributed by atoms with Gasteiger partial charge < -0.3 is 5.32 Å². The van der Waals surface area contributed by atoms with Gasteiger partial charge in [-0.2, -0.15) is 0 Å². The van der Waals surface area contributed by atoms with Crippen LogP contribution in [0.1, 0.15) is 34.6 Å². The lowest BCUT2D eigenvalue weighted by atomic mass is 9.94. The summed E-state index contributed by atoms with van der Waals surface area (Å²) in [4.78, 5) is 0. The lowest BCUT2D eigenvalue weighted by Crippen LogP contribution is -2.11. The predicted octanol–water partition coefficient (Wildman–Crippen LogP) is 3.66. The molecule has 0 saturated carbocycles. The lowest BCUT2D eigenvalue weighted by molar-refractivity contribution is 0.755. The first-order valence-electron chi connectivity index (χ1n) is 5.12. The number of allylic oxidation sites excluding steroid dienone is 4. The SMILES string of the molecule is C=C(C)/C(=C(\C=C(C)C)NC)C(C)C. The van der Waals surface area contributed by atoms with Crippen LogP contribution in [0.15, 0.2) is 35.1 Å². The van der Waals surface area contributed by atoms with Crippen molar-refractivity contribution in [2.24, 2.45) is 5.92 Å². The summed E-state index contributed by atoms with van der Waals surface area (Å²) in [5.41, 5.74) is 4.94. The first-order chi connectivity index (χ1) is 6.40. The van der Waals surface area contributed by atoms with Gasteiger partial charge in [0.1, 0.15) is 0 Å². The number of rotatable bonds is 4. The molecule has 0 fully saturated rings. The van der Waals surface area contributed by atoms with Crippen molar-refractivity contribution in [3.05, 3.63) is 35.1 Å². The molecule has 0 unspecified atom stereocenters. The fraction of sp³-hybridized carbons (Fsp3) is 0.538. The highest BCUT2D eigenvalue weighted by molar-refractivity contribution is 5.38. The maximum atomic E-state index is 4.03. The lowest BCUT2D eigenvalue weighted by Gasteiger charge is -2.16. The zero-order valence-electron chi connectivity index (χ0n) is 10.4. The largest absolute Gasteiger partial charge is 0.388 e. The van der Waals surface area contributed by atoms with Gasteiger partial charge in [0.05, 0.1) is 0 Å². The standard InChI is InChI=1S/C13H23N/c1-9(2)8-12(14-7)13(10(3)4)11(5)6/h8,11,14H,3H2,1-2,4-7H3/b13-12-. The third-order valence-corrected chi connectivity index (χ3v) is 2.03. The minimum atomic E-state index is 0.505. The van der Waals surface area contributed by atoms with E-state index < -0.39 is 0 Å². The predicted molar refractivity (Wildman–Crippen MR) is 65.2 cm³/mol. The minimum Gasteiger partial charge on any atom is -0.388 e. The van der Waals surface area contributed by atoms with E-state index in [4.69, 9.17) is 0 Å². The van der Waals surface area contributed by atoms with E-state index in [2.05, 4.69) is 52.6 Å². The molecule has 1 N–H and O–H groups in total. The van der Waals surface area contributed by atoms with E-state index in [9.17, 15) is 0 Å². The summed E-state index contributed by atoms with van der Waals surface area (Å²) in [6.45, 7) is 14.7. The van der Waals surface area contributed by atoms with E-state index in [1.807, 2.05) is 7.05 Å². The van der Waals surface area contributed by atoms with Gasteiger partial charge in [-0.1, -0.05) is 31.6 Å². The van der Waals surface area contributed by atoms with Crippen LogP contribution in [0.25, 0.3) is 0 Å². The normalized spacial score (nSPS) is 12.2. The third-order valence-electron chi connectivity index (χ3n) is 2.03. The topological polar surface area (TPSA) is 12.0 Å². The molecule has 0 heterocycles. The van der Waals surface area contributed by atoms with Gasteiger partial charge in [-0.25, -0.2) is 0 Å². The van der Waals surface area contributed by atoms with Crippen molar-refractivity contribution < 1.29 is 0 Å². The van der Waals surface area contributed by atoms with Crippen molar-refractivity contribution in [1.29, 1.82) is 0 Å². The molecule has 0 aliphatic heterocycles. The van der Waals surface area contributed by atoms with E-state index >= 15 is 0 Å². The molecular weight excluding hydrogens is 170 g/mol. The molecule has 0 bridgehead atoms. The van der Waals surface area contributed by atoms with Crippen LogP contribution in [0.2, 0.25) is 0 Å². The Morgan fingerprint density at radius 2 is 1.71 bits per heavy atom. The molecule has 0 aromatic heterocycles. The van der Waals surface area contributed by atoms with E-state index in [0.29, 0.717) is 5.92 Å². The molecule has 0 atom stereocenters. The minimum absolute atomic E-state index is 0.505. The average molecular weight is 193 g/mol. The Morgan fingerprint density at radius 3 is 1.93 bits per heavy atom. The van der Waals surface area contributed by atoms with Crippen LogP contribution in [-0.4, -0.2) is 7.05 Å². The van der Waals surface area contributed by atoms with Gasteiger partial charge in [0.15, 0.2) is 0 Å². The summed E-state index contributed by atoms with van der Waals surface area (Å²) in [5, 5.41) is 3.24. The zero-order valence-corrected chi connectivity index (χ0v) is 10.4. The van der Waals surface area contributed by atoms with Gasteiger partial charge in [-0.3, -0.25) is 0 Å². The molecule has 14 heavy (non-hydrogen) atoms. The van der Waals surface area contributed by atoms with Crippen LogP contribution < -0.4 is 5.32 Å². The Morgan fingerprint density at radius 1 is 1.21 bits per heavy atom. The van der Waals surface area contributed by atoms with Crippen molar-refractivity contribution in [3.8, 4) is 0 Å². The second-order valence-electron chi connectivity index (χ2n) is 4.23. The quantitative estimate of drug-likeness (QED) is 0.672. The summed E-state index contributed by atoms with van der Waals surface area (Å²) >= 11 is 0. The molecule has 0 aromatic carbocycles. The summed E-state index contributed by atoms with van der Waals surface area (Å²) in [6.07, 6.45) is 2.17. The molecule has 0 amide bonds. The Kier molecular flexibility index (Phi) is 5.29. The second-order valence-corrected chi connectivity index (χ2v) is 4.23. The summed E-state index contributed by atoms with van der Waals surface area (Å²) in [5.74, 6) is 0.505. The molecule has 1 heteroatoms. The van der Waals surface area contributed by atoms with Gasteiger partial charge in [-0.05, 0) is 38.3 Å². The van der Waals surface area contributed by atoms with Gasteiger partial charge in [-0.15, -0.1) is 0 Å². The summed E-state index contributed by atoms with van der Waals surface area (Å²) in [6, 6.07) is 0. The van der Waals surface area contributed by atoms with Crippen molar-refractivity contribution in [3.63, 3.8) is 0 Å². The zero-order chi connectivity index (χ0) is 11.3. The van der Waals surface area contributed by atoms with Gasteiger partial charge >= 0.3 is 0 Å². The van der Waals surface area contributed by atoms with Crippen LogP contribution >= 0.6 is 0 Å². The van der Waals surface area contributed by atoms with Crippen molar-refractivity contribution in [2.45, 2.75) is 34.6 Å². The van der Waals surface area contributed by atoms with Gasteiger partial charge in [0, 0.05) is 12.7 Å². The maximum absolute atomic E-state index is 4.03.